The van der Waals surface area contributed by atoms with Crippen molar-refractivity contribution in [1.82, 2.24) is 9.80 Å². The molecular formula is C19H27BrN2O3. The SMILES string of the molecule is COc1c(Br)cccc1CN1CCN(C(=O)OC(C)(C)C)CC12CC2. The number of hydrogen-bond donors (Lipinski definition) is 0. The summed E-state index contributed by atoms with van der Waals surface area (Å²) in [5.74, 6) is 0.896. The van der Waals surface area contributed by atoms with Crippen molar-refractivity contribution in [1.29, 1.82) is 0 Å². The Labute approximate surface area is 158 Å². The van der Waals surface area contributed by atoms with Crippen LogP contribution < -0.4 is 4.74 Å². The maximum Gasteiger partial charge on any atom is 0.410 e. The van der Waals surface area contributed by atoms with Crippen LogP contribution in [0.5, 0.6) is 5.75 Å². The number of carbonyl (C=O) groups is 1. The minimum Gasteiger partial charge on any atom is -0.495 e. The average molecular weight is 411 g/mol. The van der Waals surface area contributed by atoms with Crippen LogP contribution in [0.25, 0.3) is 0 Å². The summed E-state index contributed by atoms with van der Waals surface area (Å²) < 4.78 is 12.1. The molecule has 0 N–H and O–H groups in total. The summed E-state index contributed by atoms with van der Waals surface area (Å²) in [6.07, 6.45) is 2.06. The predicted molar refractivity (Wildman–Crippen MR) is 101 cm³/mol. The lowest BCUT2D eigenvalue weighted by atomic mass is 10.1. The Kier molecular flexibility index (Phi) is 5.04. The molecule has 1 aromatic carbocycles. The highest BCUT2D eigenvalue weighted by molar-refractivity contribution is 9.10. The molecule has 1 heterocycles. The Morgan fingerprint density at radius 1 is 1.28 bits per heavy atom. The molecule has 138 valence electrons. The van der Waals surface area contributed by atoms with Gasteiger partial charge in [-0.1, -0.05) is 12.1 Å². The van der Waals surface area contributed by atoms with Crippen LogP contribution in [0.15, 0.2) is 22.7 Å². The van der Waals surface area contributed by atoms with E-state index in [9.17, 15) is 4.79 Å². The van der Waals surface area contributed by atoms with Crippen LogP contribution in [-0.2, 0) is 11.3 Å². The third-order valence-corrected chi connectivity index (χ3v) is 5.51. The normalized spacial score (nSPS) is 19.8. The maximum atomic E-state index is 12.4. The summed E-state index contributed by atoms with van der Waals surface area (Å²) in [6.45, 7) is 8.87. The number of benzene rings is 1. The van der Waals surface area contributed by atoms with Gasteiger partial charge in [-0.15, -0.1) is 0 Å². The van der Waals surface area contributed by atoms with Gasteiger partial charge in [0, 0.05) is 37.3 Å². The number of hydrogen-bond acceptors (Lipinski definition) is 4. The van der Waals surface area contributed by atoms with E-state index in [1.54, 1.807) is 7.11 Å². The Balaban J connectivity index is 1.69. The fourth-order valence-electron chi connectivity index (χ4n) is 3.47. The lowest BCUT2D eigenvalue weighted by molar-refractivity contribution is -0.00252. The van der Waals surface area contributed by atoms with E-state index in [1.807, 2.05) is 37.8 Å². The molecule has 6 heteroatoms. The second kappa shape index (κ2) is 6.80. The third kappa shape index (κ3) is 4.11. The number of rotatable bonds is 3. The fraction of sp³-hybridized carbons (Fsp3) is 0.632. The Hall–Kier alpha value is -1.27. The predicted octanol–water partition coefficient (Wildman–Crippen LogP) is 4.04. The lowest BCUT2D eigenvalue weighted by Gasteiger charge is -2.42. The van der Waals surface area contributed by atoms with E-state index in [0.29, 0.717) is 6.54 Å². The third-order valence-electron chi connectivity index (χ3n) is 4.89. The van der Waals surface area contributed by atoms with Gasteiger partial charge in [-0.05, 0) is 55.6 Å². The molecule has 1 amide bonds. The number of para-hydroxylation sites is 1. The monoisotopic (exact) mass is 410 g/mol. The minimum absolute atomic E-state index is 0.0997. The van der Waals surface area contributed by atoms with Crippen LogP contribution in [-0.4, -0.2) is 53.8 Å². The van der Waals surface area contributed by atoms with Crippen LogP contribution in [0.1, 0.15) is 39.2 Å². The fourth-order valence-corrected chi connectivity index (χ4v) is 4.04. The standard InChI is InChI=1S/C19H27BrN2O3/c1-18(2,3)25-17(23)21-10-11-22(19(13-21)8-9-19)12-14-6-5-7-15(20)16(14)24-4/h5-7H,8-13H2,1-4H3. The molecule has 1 aliphatic heterocycles. The van der Waals surface area contributed by atoms with Crippen LogP contribution in [0, 0.1) is 0 Å². The molecule has 0 radical (unpaired) electrons. The average Bonchev–Trinajstić information content (AvgIpc) is 3.28. The first kappa shape index (κ1) is 18.5. The molecular weight excluding hydrogens is 384 g/mol. The smallest absolute Gasteiger partial charge is 0.410 e. The van der Waals surface area contributed by atoms with Gasteiger partial charge in [0.25, 0.3) is 0 Å². The number of nitrogens with zero attached hydrogens (tertiary/aromatic N) is 2. The van der Waals surface area contributed by atoms with Crippen LogP contribution >= 0.6 is 15.9 Å². The quantitative estimate of drug-likeness (QED) is 0.753. The van der Waals surface area contributed by atoms with Gasteiger partial charge in [0.15, 0.2) is 0 Å². The molecule has 2 aliphatic rings. The maximum absolute atomic E-state index is 12.4. The second-order valence-electron chi connectivity index (χ2n) is 7.98. The molecule has 3 rings (SSSR count). The summed E-state index contributed by atoms with van der Waals surface area (Å²) in [6, 6.07) is 6.15. The number of methoxy groups -OCH3 is 1. The van der Waals surface area contributed by atoms with Gasteiger partial charge in [-0.2, -0.15) is 0 Å². The van der Waals surface area contributed by atoms with Crippen molar-refractivity contribution in [3.8, 4) is 5.75 Å². The van der Waals surface area contributed by atoms with Gasteiger partial charge in [0.05, 0.1) is 11.6 Å². The topological polar surface area (TPSA) is 42.0 Å². The van der Waals surface area contributed by atoms with Crippen LogP contribution in [0.2, 0.25) is 0 Å². The molecule has 1 aromatic rings. The van der Waals surface area contributed by atoms with Crippen molar-refractivity contribution in [2.45, 2.75) is 51.3 Å². The first-order chi connectivity index (χ1) is 11.7. The van der Waals surface area contributed by atoms with E-state index in [-0.39, 0.29) is 11.6 Å². The molecule has 1 saturated carbocycles. The van der Waals surface area contributed by atoms with Crippen molar-refractivity contribution >= 4 is 22.0 Å². The highest BCUT2D eigenvalue weighted by Crippen LogP contribution is 2.46. The van der Waals surface area contributed by atoms with E-state index in [2.05, 4.69) is 26.9 Å². The molecule has 0 unspecified atom stereocenters. The van der Waals surface area contributed by atoms with Gasteiger partial charge in [-0.25, -0.2) is 4.79 Å². The van der Waals surface area contributed by atoms with E-state index in [0.717, 1.165) is 42.7 Å². The minimum atomic E-state index is -0.450. The van der Waals surface area contributed by atoms with E-state index in [4.69, 9.17) is 9.47 Å². The molecule has 25 heavy (non-hydrogen) atoms. The Morgan fingerprint density at radius 2 is 2.00 bits per heavy atom. The largest absolute Gasteiger partial charge is 0.495 e. The highest BCUT2D eigenvalue weighted by atomic mass is 79.9. The van der Waals surface area contributed by atoms with Crippen LogP contribution in [0.3, 0.4) is 0 Å². The molecule has 0 aromatic heterocycles. The Morgan fingerprint density at radius 3 is 2.60 bits per heavy atom. The summed E-state index contributed by atoms with van der Waals surface area (Å²) in [4.78, 5) is 16.8. The van der Waals surface area contributed by atoms with Crippen LogP contribution in [0.4, 0.5) is 4.79 Å². The van der Waals surface area contributed by atoms with Gasteiger partial charge >= 0.3 is 6.09 Å². The van der Waals surface area contributed by atoms with Crippen molar-refractivity contribution in [3.05, 3.63) is 28.2 Å². The molecule has 1 saturated heterocycles. The summed E-state index contributed by atoms with van der Waals surface area (Å²) in [5, 5.41) is 0. The van der Waals surface area contributed by atoms with Crippen molar-refractivity contribution in [2.24, 2.45) is 0 Å². The summed E-state index contributed by atoms with van der Waals surface area (Å²) >= 11 is 3.56. The first-order valence-electron chi connectivity index (χ1n) is 8.78. The van der Waals surface area contributed by atoms with Gasteiger partial charge in [-0.3, -0.25) is 4.90 Å². The van der Waals surface area contributed by atoms with Gasteiger partial charge in [0.1, 0.15) is 11.4 Å². The van der Waals surface area contributed by atoms with Crippen molar-refractivity contribution < 1.29 is 14.3 Å². The summed E-state index contributed by atoms with van der Waals surface area (Å²) in [7, 11) is 1.71. The number of amides is 1. The number of piperazine rings is 1. The molecule has 1 spiro atoms. The first-order valence-corrected chi connectivity index (χ1v) is 9.58. The molecule has 1 aliphatic carbocycles. The zero-order valence-electron chi connectivity index (χ0n) is 15.5. The van der Waals surface area contributed by atoms with E-state index >= 15 is 0 Å². The molecule has 5 nitrogen and oxygen atoms in total. The second-order valence-corrected chi connectivity index (χ2v) is 8.83. The molecule has 2 fully saturated rings. The van der Waals surface area contributed by atoms with Gasteiger partial charge in [0.2, 0.25) is 0 Å². The zero-order chi connectivity index (χ0) is 18.2. The van der Waals surface area contributed by atoms with Crippen molar-refractivity contribution in [3.63, 3.8) is 0 Å². The van der Waals surface area contributed by atoms with E-state index in [1.165, 1.54) is 5.56 Å². The van der Waals surface area contributed by atoms with Gasteiger partial charge < -0.3 is 14.4 Å². The molecule has 0 bridgehead atoms. The number of halogens is 1. The van der Waals surface area contributed by atoms with Crippen molar-refractivity contribution in [2.75, 3.05) is 26.7 Å². The zero-order valence-corrected chi connectivity index (χ0v) is 17.1. The highest BCUT2D eigenvalue weighted by Gasteiger charge is 2.52. The lowest BCUT2D eigenvalue weighted by Crippen LogP contribution is -2.56. The number of ether oxygens (including phenoxy) is 2. The summed E-state index contributed by atoms with van der Waals surface area (Å²) in [5.41, 5.74) is 0.825. The Bertz CT molecular complexity index is 653. The molecule has 0 atom stereocenters. The van der Waals surface area contributed by atoms with E-state index < -0.39 is 5.60 Å². The number of carbonyl (C=O) groups excluding carboxylic acids is 1.